The third-order valence-corrected chi connectivity index (χ3v) is 4.35. The summed E-state index contributed by atoms with van der Waals surface area (Å²) in [6.45, 7) is 3.89. The van der Waals surface area contributed by atoms with Gasteiger partial charge in [0.2, 0.25) is 5.91 Å². The fraction of sp³-hybridized carbons (Fsp3) is 0.238. The van der Waals surface area contributed by atoms with Crippen molar-refractivity contribution in [2.45, 2.75) is 26.5 Å². The number of hydrogen-bond acceptors (Lipinski definition) is 3. The standard InChI is InChI=1S/C21H22BrNO4/c1-14(2)20(21(25)26)23-19(24)11-8-16-12-17(22)9-10-18(16)27-13-15-6-4-3-5-7-15/h3-12,14,20H,13H2,1-2H3,(H,23,24)(H,25,26)/b11-8+/t20-/m0/s1. The van der Waals surface area contributed by atoms with Gasteiger partial charge in [-0.2, -0.15) is 0 Å². The highest BCUT2D eigenvalue weighted by atomic mass is 79.9. The van der Waals surface area contributed by atoms with Gasteiger partial charge in [0.15, 0.2) is 0 Å². The van der Waals surface area contributed by atoms with Crippen LogP contribution in [0.4, 0.5) is 0 Å². The zero-order valence-corrected chi connectivity index (χ0v) is 16.8. The van der Waals surface area contributed by atoms with Crippen LogP contribution in [-0.2, 0) is 16.2 Å². The third kappa shape index (κ3) is 6.57. The summed E-state index contributed by atoms with van der Waals surface area (Å²) in [5.41, 5.74) is 1.75. The lowest BCUT2D eigenvalue weighted by Crippen LogP contribution is -2.43. The second-order valence-corrected chi connectivity index (χ2v) is 7.27. The average molecular weight is 432 g/mol. The van der Waals surface area contributed by atoms with Gasteiger partial charge in [-0.1, -0.05) is 60.1 Å². The second-order valence-electron chi connectivity index (χ2n) is 6.36. The minimum Gasteiger partial charge on any atom is -0.488 e. The number of nitrogens with one attached hydrogen (secondary N) is 1. The SMILES string of the molecule is CC(C)[C@H](NC(=O)/C=C/c1cc(Br)ccc1OCc1ccccc1)C(=O)O. The Balaban J connectivity index is 2.10. The van der Waals surface area contributed by atoms with E-state index >= 15 is 0 Å². The lowest BCUT2D eigenvalue weighted by atomic mass is 10.0. The number of halogens is 1. The maximum absolute atomic E-state index is 12.1. The van der Waals surface area contributed by atoms with Crippen molar-refractivity contribution < 1.29 is 19.4 Å². The highest BCUT2D eigenvalue weighted by Crippen LogP contribution is 2.25. The highest BCUT2D eigenvalue weighted by molar-refractivity contribution is 9.10. The van der Waals surface area contributed by atoms with Crippen molar-refractivity contribution in [3.63, 3.8) is 0 Å². The number of amides is 1. The first-order chi connectivity index (χ1) is 12.9. The van der Waals surface area contributed by atoms with E-state index < -0.39 is 17.9 Å². The Morgan fingerprint density at radius 2 is 1.89 bits per heavy atom. The lowest BCUT2D eigenvalue weighted by Gasteiger charge is -2.16. The number of benzene rings is 2. The molecule has 1 atom stereocenters. The Labute approximate surface area is 167 Å². The largest absolute Gasteiger partial charge is 0.488 e. The normalized spacial score (nSPS) is 12.1. The number of carbonyl (C=O) groups excluding carboxylic acids is 1. The summed E-state index contributed by atoms with van der Waals surface area (Å²) in [5, 5.41) is 11.7. The van der Waals surface area contributed by atoms with E-state index in [9.17, 15) is 14.7 Å². The quantitative estimate of drug-likeness (QED) is 0.611. The Hall–Kier alpha value is -2.60. The first kappa shape index (κ1) is 20.7. The van der Waals surface area contributed by atoms with Crippen molar-refractivity contribution in [3.8, 4) is 5.75 Å². The molecule has 0 bridgehead atoms. The van der Waals surface area contributed by atoms with Crippen LogP contribution in [0.1, 0.15) is 25.0 Å². The number of rotatable bonds is 8. The molecule has 0 aliphatic heterocycles. The Bertz CT molecular complexity index is 818. The molecule has 0 aromatic heterocycles. The van der Waals surface area contributed by atoms with Gasteiger partial charge in [0.1, 0.15) is 18.4 Å². The van der Waals surface area contributed by atoms with Gasteiger partial charge in [-0.15, -0.1) is 0 Å². The minimum absolute atomic E-state index is 0.213. The van der Waals surface area contributed by atoms with Gasteiger partial charge in [-0.25, -0.2) is 4.79 Å². The number of hydrogen-bond donors (Lipinski definition) is 2. The van der Waals surface area contributed by atoms with Crippen LogP contribution in [-0.4, -0.2) is 23.0 Å². The molecule has 1 amide bonds. The summed E-state index contributed by atoms with van der Waals surface area (Å²) >= 11 is 3.41. The van der Waals surface area contributed by atoms with Gasteiger partial charge in [-0.3, -0.25) is 4.79 Å². The number of carboxylic acids is 1. The van der Waals surface area contributed by atoms with Gasteiger partial charge in [0.05, 0.1) is 0 Å². The zero-order chi connectivity index (χ0) is 19.8. The smallest absolute Gasteiger partial charge is 0.326 e. The van der Waals surface area contributed by atoms with Crippen LogP contribution in [0.3, 0.4) is 0 Å². The molecule has 2 N–H and O–H groups in total. The van der Waals surface area contributed by atoms with E-state index in [0.29, 0.717) is 17.9 Å². The van der Waals surface area contributed by atoms with E-state index in [4.69, 9.17) is 4.74 Å². The van der Waals surface area contributed by atoms with Crippen LogP contribution in [0.2, 0.25) is 0 Å². The number of carboxylic acid groups (broad SMARTS) is 1. The average Bonchev–Trinajstić information content (AvgIpc) is 2.64. The van der Waals surface area contributed by atoms with Crippen LogP contribution < -0.4 is 10.1 Å². The molecule has 6 heteroatoms. The van der Waals surface area contributed by atoms with Gasteiger partial charge < -0.3 is 15.2 Å². The molecule has 27 heavy (non-hydrogen) atoms. The van der Waals surface area contributed by atoms with Crippen molar-refractivity contribution in [2.24, 2.45) is 5.92 Å². The summed E-state index contributed by atoms with van der Waals surface area (Å²) in [6, 6.07) is 14.4. The summed E-state index contributed by atoms with van der Waals surface area (Å²) in [4.78, 5) is 23.3. The maximum Gasteiger partial charge on any atom is 0.326 e. The lowest BCUT2D eigenvalue weighted by molar-refractivity contribution is -0.142. The first-order valence-corrected chi connectivity index (χ1v) is 9.33. The van der Waals surface area contributed by atoms with Crippen LogP contribution in [0.15, 0.2) is 59.1 Å². The molecule has 0 aliphatic carbocycles. The number of carbonyl (C=O) groups is 2. The molecule has 2 aromatic rings. The minimum atomic E-state index is -1.05. The molecule has 0 spiro atoms. The summed E-state index contributed by atoms with van der Waals surface area (Å²) < 4.78 is 6.72. The monoisotopic (exact) mass is 431 g/mol. The fourth-order valence-corrected chi connectivity index (χ4v) is 2.78. The molecule has 142 valence electrons. The van der Waals surface area contributed by atoms with E-state index in [1.807, 2.05) is 48.5 Å². The number of aliphatic carboxylic acids is 1. The first-order valence-electron chi connectivity index (χ1n) is 8.54. The van der Waals surface area contributed by atoms with Gasteiger partial charge in [0.25, 0.3) is 0 Å². The van der Waals surface area contributed by atoms with E-state index in [2.05, 4.69) is 21.2 Å². The molecule has 0 saturated carbocycles. The topological polar surface area (TPSA) is 75.6 Å². The molecular formula is C21H22BrNO4. The molecule has 0 aliphatic rings. The predicted molar refractivity (Wildman–Crippen MR) is 108 cm³/mol. The third-order valence-electron chi connectivity index (χ3n) is 3.85. The van der Waals surface area contributed by atoms with Gasteiger partial charge >= 0.3 is 5.97 Å². The summed E-state index contributed by atoms with van der Waals surface area (Å²) in [7, 11) is 0. The Kier molecular flexibility index (Phi) is 7.61. The van der Waals surface area contributed by atoms with E-state index in [-0.39, 0.29) is 5.92 Å². The van der Waals surface area contributed by atoms with Crippen LogP contribution in [0.5, 0.6) is 5.75 Å². The molecule has 0 heterocycles. The maximum atomic E-state index is 12.1. The highest BCUT2D eigenvalue weighted by Gasteiger charge is 2.22. The second kappa shape index (κ2) is 9.92. The molecule has 0 radical (unpaired) electrons. The van der Waals surface area contributed by atoms with Crippen molar-refractivity contribution in [1.29, 1.82) is 0 Å². The molecule has 2 rings (SSSR count). The number of ether oxygens (including phenoxy) is 1. The van der Waals surface area contributed by atoms with Crippen molar-refractivity contribution in [1.82, 2.24) is 5.32 Å². The molecule has 0 fully saturated rings. The van der Waals surface area contributed by atoms with Crippen LogP contribution >= 0.6 is 15.9 Å². The van der Waals surface area contributed by atoms with Crippen LogP contribution in [0.25, 0.3) is 6.08 Å². The molecule has 5 nitrogen and oxygen atoms in total. The van der Waals surface area contributed by atoms with Crippen molar-refractivity contribution >= 4 is 33.9 Å². The molecule has 0 unspecified atom stereocenters. The van der Waals surface area contributed by atoms with Crippen LogP contribution in [0, 0.1) is 5.92 Å². The Morgan fingerprint density at radius 3 is 2.52 bits per heavy atom. The fourth-order valence-electron chi connectivity index (χ4n) is 2.40. The van der Waals surface area contributed by atoms with E-state index in [0.717, 1.165) is 10.0 Å². The van der Waals surface area contributed by atoms with Crippen molar-refractivity contribution in [2.75, 3.05) is 0 Å². The zero-order valence-electron chi connectivity index (χ0n) is 15.2. The van der Waals surface area contributed by atoms with E-state index in [1.165, 1.54) is 6.08 Å². The summed E-state index contributed by atoms with van der Waals surface area (Å²) in [5.74, 6) is -1.11. The Morgan fingerprint density at radius 1 is 1.19 bits per heavy atom. The van der Waals surface area contributed by atoms with Gasteiger partial charge in [-0.05, 0) is 35.8 Å². The predicted octanol–water partition coefficient (Wildman–Crippen LogP) is 4.27. The molecular weight excluding hydrogens is 410 g/mol. The van der Waals surface area contributed by atoms with Crippen molar-refractivity contribution in [3.05, 3.63) is 70.2 Å². The molecule has 0 saturated heterocycles. The van der Waals surface area contributed by atoms with E-state index in [1.54, 1.807) is 19.9 Å². The molecule has 2 aromatic carbocycles. The van der Waals surface area contributed by atoms with Gasteiger partial charge in [0, 0.05) is 16.1 Å². The summed E-state index contributed by atoms with van der Waals surface area (Å²) in [6.07, 6.45) is 2.93.